The summed E-state index contributed by atoms with van der Waals surface area (Å²) in [5.41, 5.74) is 3.52. The highest BCUT2D eigenvalue weighted by molar-refractivity contribution is 8.14. The van der Waals surface area contributed by atoms with Gasteiger partial charge in [0.05, 0.1) is 16.5 Å². The molecule has 1 heterocycles. The van der Waals surface area contributed by atoms with Crippen LogP contribution >= 0.6 is 23.4 Å². The van der Waals surface area contributed by atoms with E-state index < -0.39 is 0 Å². The third kappa shape index (κ3) is 4.26. The summed E-state index contributed by atoms with van der Waals surface area (Å²) in [7, 11) is 0. The average Bonchev–Trinajstić information content (AvgIpc) is 2.93. The van der Waals surface area contributed by atoms with Gasteiger partial charge in [-0.2, -0.15) is 0 Å². The van der Waals surface area contributed by atoms with E-state index in [-0.39, 0.29) is 24.1 Å². The molecular weight excluding hydrogens is 370 g/mol. The molecule has 0 radical (unpaired) electrons. The van der Waals surface area contributed by atoms with Crippen LogP contribution < -0.4 is 10.2 Å². The molecule has 0 saturated carbocycles. The monoisotopic (exact) mass is 387 g/mol. The quantitative estimate of drug-likeness (QED) is 0.861. The number of rotatable bonds is 4. The molecule has 1 aliphatic rings. The Labute approximate surface area is 161 Å². The second kappa shape index (κ2) is 7.93. The first-order chi connectivity index (χ1) is 12.4. The fraction of sp³-hybridized carbons (Fsp3) is 0.211. The average molecular weight is 388 g/mol. The number of benzene rings is 2. The zero-order valence-corrected chi connectivity index (χ0v) is 16.0. The Morgan fingerprint density at radius 2 is 1.92 bits per heavy atom. The molecule has 7 heteroatoms. The predicted molar refractivity (Wildman–Crippen MR) is 108 cm³/mol. The number of aryl methyl sites for hydroxylation is 2. The molecule has 3 rings (SSSR count). The Hall–Kier alpha value is -2.31. The lowest BCUT2D eigenvalue weighted by Crippen LogP contribution is -2.31. The first kappa shape index (κ1) is 18.5. The molecule has 0 fully saturated rings. The molecule has 0 saturated heterocycles. The summed E-state index contributed by atoms with van der Waals surface area (Å²) in [5.74, 6) is -0.156. The molecule has 0 atom stereocenters. The Balaban J connectivity index is 1.66. The summed E-state index contributed by atoms with van der Waals surface area (Å²) >= 11 is 7.42. The molecular formula is C19H18ClN3O2S. The summed E-state index contributed by atoms with van der Waals surface area (Å²) in [6.45, 7) is 4.03. The molecule has 2 aromatic carbocycles. The van der Waals surface area contributed by atoms with Gasteiger partial charge in [0.1, 0.15) is 6.54 Å². The van der Waals surface area contributed by atoms with E-state index in [1.807, 2.05) is 38.1 Å². The van der Waals surface area contributed by atoms with Crippen molar-refractivity contribution in [2.24, 2.45) is 4.99 Å². The van der Waals surface area contributed by atoms with Gasteiger partial charge >= 0.3 is 0 Å². The van der Waals surface area contributed by atoms with Gasteiger partial charge in [0.15, 0.2) is 5.17 Å². The molecule has 0 aliphatic carbocycles. The zero-order chi connectivity index (χ0) is 18.7. The van der Waals surface area contributed by atoms with E-state index in [0.717, 1.165) is 16.8 Å². The number of hydrogen-bond donors (Lipinski definition) is 1. The summed E-state index contributed by atoms with van der Waals surface area (Å²) in [4.78, 5) is 30.2. The van der Waals surface area contributed by atoms with Gasteiger partial charge in [-0.3, -0.25) is 19.5 Å². The number of nitrogens with one attached hydrogen (secondary N) is 1. The van der Waals surface area contributed by atoms with E-state index in [1.54, 1.807) is 18.2 Å². The fourth-order valence-electron chi connectivity index (χ4n) is 2.74. The van der Waals surface area contributed by atoms with Crippen LogP contribution in [0, 0.1) is 13.8 Å². The highest BCUT2D eigenvalue weighted by atomic mass is 35.5. The van der Waals surface area contributed by atoms with Crippen LogP contribution in [0.25, 0.3) is 0 Å². The summed E-state index contributed by atoms with van der Waals surface area (Å²) in [6.07, 6.45) is 0. The van der Waals surface area contributed by atoms with E-state index in [2.05, 4.69) is 10.3 Å². The number of aliphatic imine (C=N–C) groups is 1. The van der Waals surface area contributed by atoms with Gasteiger partial charge in [-0.25, -0.2) is 0 Å². The topological polar surface area (TPSA) is 61.8 Å². The van der Waals surface area contributed by atoms with Crippen molar-refractivity contribution in [1.29, 1.82) is 0 Å². The molecule has 1 N–H and O–H groups in total. The van der Waals surface area contributed by atoms with Crippen molar-refractivity contribution in [2.75, 3.05) is 22.5 Å². The van der Waals surface area contributed by atoms with Gasteiger partial charge in [-0.15, -0.1) is 0 Å². The molecule has 0 spiro atoms. The van der Waals surface area contributed by atoms with Gasteiger partial charge in [-0.05, 0) is 49.2 Å². The standard InChI is InChI=1S/C19H18ClN3O2S/c1-12-7-13(2)9-14(8-12)22-17(24)11-26-19-21-10-18(25)23(19)16-6-4-3-5-15(16)20/h3-9H,10-11H2,1-2H3,(H,22,24). The number of thioether (sulfide) groups is 1. The maximum Gasteiger partial charge on any atom is 0.254 e. The van der Waals surface area contributed by atoms with Crippen LogP contribution in [0.1, 0.15) is 11.1 Å². The number of halogens is 1. The van der Waals surface area contributed by atoms with Crippen LogP contribution in [0.3, 0.4) is 0 Å². The maximum absolute atomic E-state index is 12.3. The van der Waals surface area contributed by atoms with E-state index in [0.29, 0.717) is 15.9 Å². The molecule has 134 valence electrons. The molecule has 0 unspecified atom stereocenters. The highest BCUT2D eigenvalue weighted by Gasteiger charge is 2.29. The van der Waals surface area contributed by atoms with Crippen molar-refractivity contribution in [1.82, 2.24) is 0 Å². The maximum atomic E-state index is 12.3. The Morgan fingerprint density at radius 3 is 2.62 bits per heavy atom. The van der Waals surface area contributed by atoms with Crippen LogP contribution in [0.2, 0.25) is 5.02 Å². The second-order valence-electron chi connectivity index (χ2n) is 5.99. The van der Waals surface area contributed by atoms with Crippen molar-refractivity contribution in [3.05, 3.63) is 58.6 Å². The zero-order valence-electron chi connectivity index (χ0n) is 14.5. The number of amidine groups is 1. The van der Waals surface area contributed by atoms with Crippen molar-refractivity contribution in [2.45, 2.75) is 13.8 Å². The van der Waals surface area contributed by atoms with Crippen LogP contribution in [-0.2, 0) is 9.59 Å². The molecule has 2 aromatic rings. The minimum atomic E-state index is -0.157. The SMILES string of the molecule is Cc1cc(C)cc(NC(=O)CSC2=NCC(=O)N2c2ccccc2Cl)c1. The largest absolute Gasteiger partial charge is 0.325 e. The Bertz CT molecular complexity index is 878. The molecule has 26 heavy (non-hydrogen) atoms. The lowest BCUT2D eigenvalue weighted by molar-refractivity contribution is -0.116. The van der Waals surface area contributed by atoms with Crippen molar-refractivity contribution >= 4 is 51.7 Å². The Kier molecular flexibility index (Phi) is 5.64. The van der Waals surface area contributed by atoms with Crippen molar-refractivity contribution in [3.8, 4) is 0 Å². The Morgan fingerprint density at radius 1 is 1.23 bits per heavy atom. The third-order valence-corrected chi connectivity index (χ3v) is 5.02. The van der Waals surface area contributed by atoms with Crippen molar-refractivity contribution in [3.63, 3.8) is 0 Å². The van der Waals surface area contributed by atoms with Gasteiger partial charge in [0.2, 0.25) is 5.91 Å². The number of carbonyl (C=O) groups excluding carboxylic acids is 2. The number of para-hydroxylation sites is 1. The smallest absolute Gasteiger partial charge is 0.254 e. The molecule has 0 bridgehead atoms. The summed E-state index contributed by atoms with van der Waals surface area (Å²) in [5, 5.41) is 3.83. The van der Waals surface area contributed by atoms with E-state index in [4.69, 9.17) is 11.6 Å². The van der Waals surface area contributed by atoms with Crippen LogP contribution in [0.4, 0.5) is 11.4 Å². The van der Waals surface area contributed by atoms with Crippen LogP contribution in [0.5, 0.6) is 0 Å². The second-order valence-corrected chi connectivity index (χ2v) is 7.34. The van der Waals surface area contributed by atoms with E-state index >= 15 is 0 Å². The minimum absolute atomic E-state index is 0.0618. The van der Waals surface area contributed by atoms with Gasteiger partial charge < -0.3 is 5.32 Å². The molecule has 2 amide bonds. The third-order valence-electron chi connectivity index (χ3n) is 3.72. The molecule has 1 aliphatic heterocycles. The molecule has 5 nitrogen and oxygen atoms in total. The van der Waals surface area contributed by atoms with Gasteiger partial charge in [0, 0.05) is 5.69 Å². The summed E-state index contributed by atoms with van der Waals surface area (Å²) in [6, 6.07) is 13.0. The van der Waals surface area contributed by atoms with Gasteiger partial charge in [0.25, 0.3) is 5.91 Å². The number of carbonyl (C=O) groups is 2. The number of hydrogen-bond acceptors (Lipinski definition) is 4. The minimum Gasteiger partial charge on any atom is -0.325 e. The van der Waals surface area contributed by atoms with Gasteiger partial charge in [-0.1, -0.05) is 41.6 Å². The highest BCUT2D eigenvalue weighted by Crippen LogP contribution is 2.30. The lowest BCUT2D eigenvalue weighted by atomic mass is 10.1. The molecule has 0 aromatic heterocycles. The van der Waals surface area contributed by atoms with Crippen molar-refractivity contribution < 1.29 is 9.59 Å². The number of nitrogens with zero attached hydrogens (tertiary/aromatic N) is 2. The van der Waals surface area contributed by atoms with E-state index in [1.165, 1.54) is 16.7 Å². The van der Waals surface area contributed by atoms with E-state index in [9.17, 15) is 9.59 Å². The lowest BCUT2D eigenvalue weighted by Gasteiger charge is -2.19. The fourth-order valence-corrected chi connectivity index (χ4v) is 3.78. The number of amides is 2. The van der Waals surface area contributed by atoms with Crippen LogP contribution in [-0.4, -0.2) is 29.3 Å². The first-order valence-corrected chi connectivity index (χ1v) is 9.43. The number of anilines is 2. The summed E-state index contributed by atoms with van der Waals surface area (Å²) < 4.78 is 0. The normalized spacial score (nSPS) is 13.7. The first-order valence-electron chi connectivity index (χ1n) is 8.07. The van der Waals surface area contributed by atoms with Crippen LogP contribution in [0.15, 0.2) is 47.5 Å². The predicted octanol–water partition coefficient (Wildman–Crippen LogP) is 4.03.